The van der Waals surface area contributed by atoms with E-state index >= 15 is 0 Å². The van der Waals surface area contributed by atoms with Gasteiger partial charge in [-0.2, -0.15) is 10.1 Å². The van der Waals surface area contributed by atoms with E-state index in [0.717, 1.165) is 24.5 Å². The van der Waals surface area contributed by atoms with Crippen LogP contribution in [0.4, 0.5) is 16.2 Å². The third kappa shape index (κ3) is 3.95. The quantitative estimate of drug-likeness (QED) is 0.911. The van der Waals surface area contributed by atoms with Crippen LogP contribution in [0.5, 0.6) is 0 Å². The summed E-state index contributed by atoms with van der Waals surface area (Å²) in [5.74, 6) is 0.987. The molecule has 2 aromatic rings. The molecule has 0 spiro atoms. The fraction of sp³-hybridized carbons (Fsp3) is 0.375. The highest BCUT2D eigenvalue weighted by molar-refractivity contribution is 5.73. The second kappa shape index (κ2) is 7.20. The minimum absolute atomic E-state index is 0.0946. The Kier molecular flexibility index (Phi) is 4.83. The van der Waals surface area contributed by atoms with E-state index < -0.39 is 0 Å². The Bertz CT molecular complexity index is 700. The van der Waals surface area contributed by atoms with Crippen LogP contribution in [0.15, 0.2) is 30.5 Å². The largest absolute Gasteiger partial charge is 0.352 e. The Morgan fingerprint density at radius 2 is 1.92 bits per heavy atom. The molecule has 0 bridgehead atoms. The first-order valence-corrected chi connectivity index (χ1v) is 7.80. The molecule has 1 N–H and O–H groups in total. The Balaban J connectivity index is 1.60. The van der Waals surface area contributed by atoms with Crippen LogP contribution in [0.3, 0.4) is 0 Å². The summed E-state index contributed by atoms with van der Waals surface area (Å²) >= 11 is 0. The number of amides is 1. The summed E-state index contributed by atoms with van der Waals surface area (Å²) in [6, 6.07) is 6.25. The molecule has 0 atom stereocenters. The molecule has 126 valence electrons. The Labute approximate surface area is 139 Å². The number of nitrogens with zero attached hydrogens (tertiary/aromatic N) is 5. The summed E-state index contributed by atoms with van der Waals surface area (Å²) in [5, 5.41) is 11.0. The molecule has 0 unspecified atom stereocenters. The molecule has 1 aliphatic rings. The van der Waals surface area contributed by atoms with Gasteiger partial charge in [0.05, 0.1) is 6.20 Å². The first kappa shape index (κ1) is 16.1. The number of halogens is 1. The van der Waals surface area contributed by atoms with E-state index in [1.807, 2.05) is 4.90 Å². The predicted octanol–water partition coefficient (Wildman–Crippen LogP) is 1.29. The van der Waals surface area contributed by atoms with Crippen LogP contribution in [-0.2, 0) is 11.3 Å². The fourth-order valence-corrected chi connectivity index (χ4v) is 2.56. The van der Waals surface area contributed by atoms with Crippen molar-refractivity contribution in [2.75, 3.05) is 36.4 Å². The van der Waals surface area contributed by atoms with Gasteiger partial charge in [0, 0.05) is 39.6 Å². The first-order chi connectivity index (χ1) is 11.6. The number of nitrogens with one attached hydrogen (secondary N) is 1. The third-order valence-corrected chi connectivity index (χ3v) is 3.96. The van der Waals surface area contributed by atoms with Gasteiger partial charge in [-0.1, -0.05) is 12.1 Å². The van der Waals surface area contributed by atoms with Crippen molar-refractivity contribution in [2.45, 2.75) is 13.5 Å². The average Bonchev–Trinajstić information content (AvgIpc) is 2.61. The molecule has 7 nitrogen and oxygen atoms in total. The summed E-state index contributed by atoms with van der Waals surface area (Å²) in [7, 11) is 0. The van der Waals surface area contributed by atoms with Crippen molar-refractivity contribution in [1.29, 1.82) is 0 Å². The van der Waals surface area contributed by atoms with Crippen molar-refractivity contribution in [3.05, 3.63) is 41.8 Å². The third-order valence-electron chi connectivity index (χ3n) is 3.96. The van der Waals surface area contributed by atoms with E-state index in [2.05, 4.69) is 25.4 Å². The number of piperazine rings is 1. The van der Waals surface area contributed by atoms with Gasteiger partial charge in [-0.15, -0.1) is 5.10 Å². The van der Waals surface area contributed by atoms with E-state index in [1.165, 1.54) is 12.1 Å². The van der Waals surface area contributed by atoms with Gasteiger partial charge in [-0.05, 0) is 17.7 Å². The molecule has 1 aromatic heterocycles. The molecule has 8 heteroatoms. The molecule has 3 rings (SSSR count). The molecule has 1 aliphatic heterocycles. The summed E-state index contributed by atoms with van der Waals surface area (Å²) in [6.07, 6.45) is 1.62. The molecule has 1 amide bonds. The van der Waals surface area contributed by atoms with Gasteiger partial charge in [-0.25, -0.2) is 4.39 Å². The second-order valence-corrected chi connectivity index (χ2v) is 5.61. The van der Waals surface area contributed by atoms with Crippen molar-refractivity contribution in [1.82, 2.24) is 20.1 Å². The van der Waals surface area contributed by atoms with Crippen LogP contribution in [0.2, 0.25) is 0 Å². The Morgan fingerprint density at radius 3 is 2.58 bits per heavy atom. The lowest BCUT2D eigenvalue weighted by molar-refractivity contribution is -0.129. The van der Waals surface area contributed by atoms with Crippen molar-refractivity contribution < 1.29 is 9.18 Å². The maximum Gasteiger partial charge on any atom is 0.244 e. The first-order valence-electron chi connectivity index (χ1n) is 7.80. The molecule has 1 saturated heterocycles. The van der Waals surface area contributed by atoms with Gasteiger partial charge in [0.25, 0.3) is 0 Å². The van der Waals surface area contributed by atoms with Crippen LogP contribution < -0.4 is 10.2 Å². The number of benzene rings is 1. The summed E-state index contributed by atoms with van der Waals surface area (Å²) < 4.78 is 12.9. The molecule has 1 fully saturated rings. The zero-order valence-corrected chi connectivity index (χ0v) is 13.4. The zero-order valence-electron chi connectivity index (χ0n) is 13.4. The number of carbonyl (C=O) groups excluding carboxylic acids is 1. The Hall–Kier alpha value is -2.77. The monoisotopic (exact) mass is 330 g/mol. The predicted molar refractivity (Wildman–Crippen MR) is 88.0 cm³/mol. The second-order valence-electron chi connectivity index (χ2n) is 5.61. The number of hydrogen-bond donors (Lipinski definition) is 1. The van der Waals surface area contributed by atoms with E-state index in [1.54, 1.807) is 25.3 Å². The highest BCUT2D eigenvalue weighted by Crippen LogP contribution is 2.14. The molecule has 0 saturated carbocycles. The van der Waals surface area contributed by atoms with Crippen LogP contribution in [-0.4, -0.2) is 52.2 Å². The molecular weight excluding hydrogens is 311 g/mol. The average molecular weight is 330 g/mol. The minimum atomic E-state index is -0.261. The van der Waals surface area contributed by atoms with E-state index in [-0.39, 0.29) is 11.7 Å². The lowest BCUT2D eigenvalue weighted by Gasteiger charge is -2.34. The number of rotatable bonds is 4. The van der Waals surface area contributed by atoms with Gasteiger partial charge in [0.1, 0.15) is 5.82 Å². The van der Waals surface area contributed by atoms with Crippen LogP contribution >= 0.6 is 0 Å². The van der Waals surface area contributed by atoms with Crippen molar-refractivity contribution in [3.8, 4) is 0 Å². The van der Waals surface area contributed by atoms with Gasteiger partial charge in [0.15, 0.2) is 5.82 Å². The molecule has 0 radical (unpaired) electrons. The molecule has 24 heavy (non-hydrogen) atoms. The normalized spacial score (nSPS) is 14.6. The number of carbonyl (C=O) groups is 1. The van der Waals surface area contributed by atoms with Crippen LogP contribution in [0.25, 0.3) is 0 Å². The maximum atomic E-state index is 12.9. The smallest absolute Gasteiger partial charge is 0.244 e. The lowest BCUT2D eigenvalue weighted by Crippen LogP contribution is -2.48. The summed E-state index contributed by atoms with van der Waals surface area (Å²) in [4.78, 5) is 19.7. The molecular formula is C16H19FN6O. The number of aromatic nitrogens is 3. The minimum Gasteiger partial charge on any atom is -0.352 e. The highest BCUT2D eigenvalue weighted by Gasteiger charge is 2.20. The van der Waals surface area contributed by atoms with Crippen LogP contribution in [0, 0.1) is 5.82 Å². The summed E-state index contributed by atoms with van der Waals surface area (Å²) in [6.45, 7) is 4.86. The fourth-order valence-electron chi connectivity index (χ4n) is 2.56. The van der Waals surface area contributed by atoms with Gasteiger partial charge < -0.3 is 15.1 Å². The maximum absolute atomic E-state index is 12.9. The van der Waals surface area contributed by atoms with E-state index in [9.17, 15) is 9.18 Å². The zero-order chi connectivity index (χ0) is 16.9. The van der Waals surface area contributed by atoms with Crippen LogP contribution in [0.1, 0.15) is 12.5 Å². The van der Waals surface area contributed by atoms with Crippen molar-refractivity contribution >= 4 is 17.7 Å². The number of hydrogen-bond acceptors (Lipinski definition) is 6. The van der Waals surface area contributed by atoms with Gasteiger partial charge in [0.2, 0.25) is 11.9 Å². The SMILES string of the molecule is CC(=O)N1CCN(c2cnnc(NCc3ccc(F)cc3)n2)CC1. The van der Waals surface area contributed by atoms with Crippen molar-refractivity contribution in [3.63, 3.8) is 0 Å². The van der Waals surface area contributed by atoms with Gasteiger partial charge >= 0.3 is 0 Å². The number of anilines is 2. The lowest BCUT2D eigenvalue weighted by atomic mass is 10.2. The molecule has 1 aromatic carbocycles. The van der Waals surface area contributed by atoms with E-state index in [4.69, 9.17) is 0 Å². The van der Waals surface area contributed by atoms with E-state index in [0.29, 0.717) is 25.6 Å². The highest BCUT2D eigenvalue weighted by atomic mass is 19.1. The molecule has 0 aliphatic carbocycles. The van der Waals surface area contributed by atoms with Gasteiger partial charge in [-0.3, -0.25) is 4.79 Å². The van der Waals surface area contributed by atoms with Crippen molar-refractivity contribution in [2.24, 2.45) is 0 Å². The standard InChI is InChI=1S/C16H19FN6O/c1-12(24)22-6-8-23(9-7-22)15-11-19-21-16(20-15)18-10-13-2-4-14(17)5-3-13/h2-5,11H,6-10H2,1H3,(H,18,20,21). The Morgan fingerprint density at radius 1 is 1.21 bits per heavy atom. The summed E-state index contributed by atoms with van der Waals surface area (Å²) in [5.41, 5.74) is 0.931. The molecule has 2 heterocycles. The topological polar surface area (TPSA) is 74.2 Å².